The fraction of sp³-hybridized carbons (Fsp3) is 0.294. The van der Waals surface area contributed by atoms with E-state index in [1.54, 1.807) is 12.3 Å². The standard InChI is InChI=1S/C17H18BrN3O/c1-12-4-5-14(11-15(12)18)20-16-10-13(6-7-19-16)17(22)21-8-2-3-9-21/h4-7,10-11H,2-3,8-9H2,1H3,(H,19,20). The molecule has 114 valence electrons. The molecule has 1 fully saturated rings. The van der Waals surface area contributed by atoms with Gasteiger partial charge in [-0.2, -0.15) is 0 Å². The van der Waals surface area contributed by atoms with Gasteiger partial charge in [-0.3, -0.25) is 4.79 Å². The number of likely N-dealkylation sites (tertiary alicyclic amines) is 1. The molecular weight excluding hydrogens is 342 g/mol. The van der Waals surface area contributed by atoms with Crippen molar-refractivity contribution in [2.45, 2.75) is 19.8 Å². The molecule has 2 aromatic rings. The summed E-state index contributed by atoms with van der Waals surface area (Å²) >= 11 is 3.52. The van der Waals surface area contributed by atoms with Gasteiger partial charge < -0.3 is 10.2 Å². The molecule has 0 aliphatic carbocycles. The molecule has 1 amide bonds. The second-order valence-electron chi connectivity index (χ2n) is 5.52. The van der Waals surface area contributed by atoms with E-state index in [2.05, 4.69) is 26.2 Å². The normalized spacial score (nSPS) is 14.2. The first-order valence-electron chi connectivity index (χ1n) is 7.42. The number of aryl methyl sites for hydroxylation is 1. The van der Waals surface area contributed by atoms with Crippen molar-refractivity contribution >= 4 is 33.3 Å². The highest BCUT2D eigenvalue weighted by molar-refractivity contribution is 9.10. The van der Waals surface area contributed by atoms with Crippen LogP contribution < -0.4 is 5.32 Å². The van der Waals surface area contributed by atoms with Crippen molar-refractivity contribution < 1.29 is 4.79 Å². The molecule has 0 spiro atoms. The maximum absolute atomic E-state index is 12.4. The van der Waals surface area contributed by atoms with Crippen LogP contribution in [0.3, 0.4) is 0 Å². The summed E-state index contributed by atoms with van der Waals surface area (Å²) in [4.78, 5) is 18.6. The predicted molar refractivity (Wildman–Crippen MR) is 91.5 cm³/mol. The molecule has 0 radical (unpaired) electrons. The minimum absolute atomic E-state index is 0.0908. The maximum Gasteiger partial charge on any atom is 0.254 e. The quantitative estimate of drug-likeness (QED) is 0.895. The topological polar surface area (TPSA) is 45.2 Å². The fourth-order valence-corrected chi connectivity index (χ4v) is 2.93. The summed E-state index contributed by atoms with van der Waals surface area (Å²) in [5.41, 5.74) is 2.80. The number of pyridine rings is 1. The molecule has 3 rings (SSSR count). The van der Waals surface area contributed by atoms with E-state index >= 15 is 0 Å². The van der Waals surface area contributed by atoms with Crippen LogP contribution in [-0.4, -0.2) is 28.9 Å². The Morgan fingerprint density at radius 2 is 2.00 bits per heavy atom. The van der Waals surface area contributed by atoms with Crippen LogP contribution in [0.1, 0.15) is 28.8 Å². The zero-order valence-electron chi connectivity index (χ0n) is 12.5. The van der Waals surface area contributed by atoms with Gasteiger partial charge >= 0.3 is 0 Å². The van der Waals surface area contributed by atoms with Gasteiger partial charge in [-0.15, -0.1) is 0 Å². The van der Waals surface area contributed by atoms with E-state index in [4.69, 9.17) is 0 Å². The first-order chi connectivity index (χ1) is 10.6. The van der Waals surface area contributed by atoms with Crippen LogP contribution >= 0.6 is 15.9 Å². The smallest absolute Gasteiger partial charge is 0.254 e. The Kier molecular flexibility index (Phi) is 4.43. The molecule has 1 N–H and O–H groups in total. The van der Waals surface area contributed by atoms with Gasteiger partial charge in [0.2, 0.25) is 0 Å². The number of anilines is 2. The number of aromatic nitrogens is 1. The fourth-order valence-electron chi connectivity index (χ4n) is 2.55. The highest BCUT2D eigenvalue weighted by Gasteiger charge is 2.19. The second kappa shape index (κ2) is 6.48. The second-order valence-corrected chi connectivity index (χ2v) is 6.37. The predicted octanol–water partition coefficient (Wildman–Crippen LogP) is 4.13. The van der Waals surface area contributed by atoms with E-state index in [0.29, 0.717) is 11.4 Å². The maximum atomic E-state index is 12.4. The summed E-state index contributed by atoms with van der Waals surface area (Å²) in [5.74, 6) is 0.772. The zero-order chi connectivity index (χ0) is 15.5. The van der Waals surface area contributed by atoms with Crippen LogP contribution in [0.25, 0.3) is 0 Å². The van der Waals surface area contributed by atoms with Gasteiger partial charge in [0, 0.05) is 35.0 Å². The number of rotatable bonds is 3. The summed E-state index contributed by atoms with van der Waals surface area (Å²) in [7, 11) is 0. The van der Waals surface area contributed by atoms with Crippen LogP contribution in [0.4, 0.5) is 11.5 Å². The van der Waals surface area contributed by atoms with Gasteiger partial charge in [-0.25, -0.2) is 4.98 Å². The van der Waals surface area contributed by atoms with Gasteiger partial charge in [0.1, 0.15) is 5.82 Å². The zero-order valence-corrected chi connectivity index (χ0v) is 14.1. The molecular formula is C17H18BrN3O. The Morgan fingerprint density at radius 3 is 2.73 bits per heavy atom. The van der Waals surface area contributed by atoms with Crippen LogP contribution in [0, 0.1) is 6.92 Å². The van der Waals surface area contributed by atoms with Crippen molar-refractivity contribution in [2.24, 2.45) is 0 Å². The molecule has 1 aliphatic rings. The summed E-state index contributed by atoms with van der Waals surface area (Å²) in [5, 5.41) is 3.25. The van der Waals surface area contributed by atoms with Gasteiger partial charge in [-0.05, 0) is 49.6 Å². The third kappa shape index (κ3) is 3.30. The van der Waals surface area contributed by atoms with Crippen molar-refractivity contribution in [3.8, 4) is 0 Å². The molecule has 1 aromatic heterocycles. The Balaban J connectivity index is 1.78. The lowest BCUT2D eigenvalue weighted by molar-refractivity contribution is 0.0793. The average Bonchev–Trinajstić information content (AvgIpc) is 3.05. The molecule has 1 aliphatic heterocycles. The summed E-state index contributed by atoms with van der Waals surface area (Å²) in [6.45, 7) is 3.76. The Hall–Kier alpha value is -1.88. The number of nitrogens with zero attached hydrogens (tertiary/aromatic N) is 2. The van der Waals surface area contributed by atoms with E-state index in [0.717, 1.165) is 36.1 Å². The average molecular weight is 360 g/mol. The van der Waals surface area contributed by atoms with Crippen LogP contribution in [0.15, 0.2) is 41.0 Å². The van der Waals surface area contributed by atoms with E-state index in [1.807, 2.05) is 36.1 Å². The molecule has 1 saturated heterocycles. The number of nitrogens with one attached hydrogen (secondary N) is 1. The van der Waals surface area contributed by atoms with Gasteiger partial charge in [0.15, 0.2) is 0 Å². The largest absolute Gasteiger partial charge is 0.340 e. The van der Waals surface area contributed by atoms with Crippen LogP contribution in [-0.2, 0) is 0 Å². The molecule has 0 bridgehead atoms. The first-order valence-corrected chi connectivity index (χ1v) is 8.21. The molecule has 5 heteroatoms. The first kappa shape index (κ1) is 15.0. The molecule has 0 unspecified atom stereocenters. The molecule has 1 aromatic carbocycles. The van der Waals surface area contributed by atoms with Crippen molar-refractivity contribution in [1.29, 1.82) is 0 Å². The van der Waals surface area contributed by atoms with Crippen molar-refractivity contribution in [3.05, 3.63) is 52.1 Å². The van der Waals surface area contributed by atoms with E-state index in [9.17, 15) is 4.79 Å². The van der Waals surface area contributed by atoms with E-state index < -0.39 is 0 Å². The van der Waals surface area contributed by atoms with E-state index in [1.165, 1.54) is 5.56 Å². The number of carbonyl (C=O) groups excluding carboxylic acids is 1. The highest BCUT2D eigenvalue weighted by atomic mass is 79.9. The SMILES string of the molecule is Cc1ccc(Nc2cc(C(=O)N3CCCC3)ccn2)cc1Br. The molecule has 0 saturated carbocycles. The Morgan fingerprint density at radius 1 is 1.23 bits per heavy atom. The third-order valence-corrected chi connectivity index (χ3v) is 4.70. The summed E-state index contributed by atoms with van der Waals surface area (Å²) < 4.78 is 1.04. The summed E-state index contributed by atoms with van der Waals surface area (Å²) in [6.07, 6.45) is 3.87. The van der Waals surface area contributed by atoms with E-state index in [-0.39, 0.29) is 5.91 Å². The van der Waals surface area contributed by atoms with Gasteiger partial charge in [0.05, 0.1) is 0 Å². The lowest BCUT2D eigenvalue weighted by Crippen LogP contribution is -2.27. The molecule has 2 heterocycles. The minimum Gasteiger partial charge on any atom is -0.340 e. The van der Waals surface area contributed by atoms with Gasteiger partial charge in [-0.1, -0.05) is 22.0 Å². The summed E-state index contributed by atoms with van der Waals surface area (Å²) in [6, 6.07) is 9.62. The van der Waals surface area contributed by atoms with Crippen molar-refractivity contribution in [1.82, 2.24) is 9.88 Å². The van der Waals surface area contributed by atoms with Crippen molar-refractivity contribution in [3.63, 3.8) is 0 Å². The number of carbonyl (C=O) groups is 1. The van der Waals surface area contributed by atoms with Crippen molar-refractivity contribution in [2.75, 3.05) is 18.4 Å². The van der Waals surface area contributed by atoms with Crippen LogP contribution in [0.5, 0.6) is 0 Å². The lowest BCUT2D eigenvalue weighted by Gasteiger charge is -2.15. The lowest BCUT2D eigenvalue weighted by atomic mass is 10.2. The Bertz CT molecular complexity index is 696. The number of hydrogen-bond acceptors (Lipinski definition) is 3. The molecule has 4 nitrogen and oxygen atoms in total. The number of halogens is 1. The number of amides is 1. The molecule has 0 atom stereocenters. The third-order valence-electron chi connectivity index (χ3n) is 3.84. The number of benzene rings is 1. The van der Waals surface area contributed by atoms with Gasteiger partial charge in [0.25, 0.3) is 5.91 Å². The monoisotopic (exact) mass is 359 g/mol. The Labute approximate surface area is 138 Å². The van der Waals surface area contributed by atoms with Crippen LogP contribution in [0.2, 0.25) is 0 Å². The molecule has 22 heavy (non-hydrogen) atoms. The highest BCUT2D eigenvalue weighted by Crippen LogP contribution is 2.23. The number of hydrogen-bond donors (Lipinski definition) is 1. The minimum atomic E-state index is 0.0908.